The minimum Gasteiger partial charge on any atom is -0.388 e. The van der Waals surface area contributed by atoms with E-state index in [2.05, 4.69) is 29.9 Å². The molecule has 0 bridgehead atoms. The number of nitrogens with two attached hydrogens (primary N) is 2. The first-order valence-corrected chi connectivity index (χ1v) is 20.4. The molecule has 73 heavy (non-hydrogen) atoms. The van der Waals surface area contributed by atoms with Gasteiger partial charge in [0, 0.05) is 44.5 Å². The van der Waals surface area contributed by atoms with Crippen molar-refractivity contribution in [1.29, 1.82) is 31.6 Å². The fourth-order valence-corrected chi connectivity index (χ4v) is 7.25. The number of nitriles is 6. The normalized spacial score (nSPS) is 12.8. The number of hydrogen-bond donors (Lipinski definition) is 6. The fourth-order valence-electron chi connectivity index (χ4n) is 7.25. The zero-order valence-electron chi connectivity index (χ0n) is 36.6. The van der Waals surface area contributed by atoms with Gasteiger partial charge in [-0.15, -0.1) is 0 Å². The van der Waals surface area contributed by atoms with Crippen LogP contribution >= 0.6 is 0 Å². The molecule has 0 saturated carbocycles. The third-order valence-electron chi connectivity index (χ3n) is 10.7. The highest BCUT2D eigenvalue weighted by Gasteiger charge is 2.50. The SMILES string of the molecule is N#C/C(N)=C(/N)C#N.N#Cc1nc2c([nH]c1=O)-c1ccccc1C2=O.N#Cc1nc2c([nH]c1=O)-c1ccccc1C2=O.N#Cc1nc2c(nc1C#N)-c1ccccc1C2=O.O=C1c2ccccc2C(=O)C1(O)O. The van der Waals surface area contributed by atoms with Crippen molar-refractivity contribution < 1.29 is 34.2 Å². The second kappa shape index (κ2) is 19.9. The highest BCUT2D eigenvalue weighted by molar-refractivity contribution is 6.30. The molecule has 0 radical (unpaired) electrons. The van der Waals surface area contributed by atoms with E-state index >= 15 is 0 Å². The van der Waals surface area contributed by atoms with Gasteiger partial charge in [0.05, 0.1) is 11.4 Å². The lowest BCUT2D eigenvalue weighted by molar-refractivity contribution is -0.0857. The van der Waals surface area contributed by atoms with Crippen LogP contribution in [-0.4, -0.2) is 74.8 Å². The van der Waals surface area contributed by atoms with Crippen molar-refractivity contribution in [3.05, 3.63) is 197 Å². The van der Waals surface area contributed by atoms with E-state index in [0.717, 1.165) is 0 Å². The van der Waals surface area contributed by atoms with Crippen LogP contribution in [0.4, 0.5) is 0 Å². The lowest BCUT2D eigenvalue weighted by Crippen LogP contribution is -2.40. The van der Waals surface area contributed by atoms with E-state index in [1.807, 2.05) is 6.07 Å². The maximum Gasteiger partial charge on any atom is 0.295 e. The predicted molar refractivity (Wildman–Crippen MR) is 246 cm³/mol. The molecule has 4 aliphatic rings. The number of H-pyrrole nitrogens is 2. The predicted octanol–water partition coefficient (Wildman–Crippen LogP) is 2.05. The minimum absolute atomic E-state index is 0.0549. The number of allylic oxidation sites excluding steroid dienone is 2. The molecule has 7 aromatic rings. The quantitative estimate of drug-likeness (QED) is 0.0719. The van der Waals surface area contributed by atoms with E-state index < -0.39 is 28.5 Å². The van der Waals surface area contributed by atoms with Crippen molar-refractivity contribution in [3.63, 3.8) is 0 Å². The first-order chi connectivity index (χ1) is 35.0. The summed E-state index contributed by atoms with van der Waals surface area (Å²) in [5.41, 5.74) is 12.7. The van der Waals surface area contributed by atoms with Crippen molar-refractivity contribution in [1.82, 2.24) is 29.9 Å². The largest absolute Gasteiger partial charge is 0.388 e. The van der Waals surface area contributed by atoms with Crippen molar-refractivity contribution in [2.24, 2.45) is 11.5 Å². The van der Waals surface area contributed by atoms with Gasteiger partial charge in [-0.2, -0.15) is 31.6 Å². The van der Waals surface area contributed by atoms with E-state index in [0.29, 0.717) is 50.5 Å². The molecular formula is C50H24N14O9. The number of aromatic nitrogens is 6. The summed E-state index contributed by atoms with van der Waals surface area (Å²) in [6.07, 6.45) is 0. The first-order valence-electron chi connectivity index (χ1n) is 20.4. The van der Waals surface area contributed by atoms with E-state index in [1.165, 1.54) is 24.3 Å². The molecule has 8 N–H and O–H groups in total. The van der Waals surface area contributed by atoms with Crippen LogP contribution in [0.3, 0.4) is 0 Å². The molecule has 11 rings (SSSR count). The summed E-state index contributed by atoms with van der Waals surface area (Å²) < 4.78 is 0. The lowest BCUT2D eigenvalue weighted by atomic mass is 10.1. The Morgan fingerprint density at radius 3 is 1.05 bits per heavy atom. The van der Waals surface area contributed by atoms with Crippen molar-refractivity contribution in [2.75, 3.05) is 0 Å². The number of aliphatic hydroxyl groups is 2. The van der Waals surface area contributed by atoms with Gasteiger partial charge in [0.15, 0.2) is 11.4 Å². The van der Waals surface area contributed by atoms with Gasteiger partial charge < -0.3 is 31.6 Å². The van der Waals surface area contributed by atoms with Gasteiger partial charge in [-0.3, -0.25) is 33.6 Å². The summed E-state index contributed by atoms with van der Waals surface area (Å²) >= 11 is 0. The molecule has 23 nitrogen and oxygen atoms in total. The summed E-state index contributed by atoms with van der Waals surface area (Å²) in [5, 5.41) is 69.4. The van der Waals surface area contributed by atoms with E-state index in [9.17, 15) is 33.6 Å². The number of carbonyl (C=O) groups excluding carboxylic acids is 5. The molecule has 348 valence electrons. The highest BCUT2D eigenvalue weighted by Crippen LogP contribution is 2.36. The highest BCUT2D eigenvalue weighted by atomic mass is 16.5. The smallest absolute Gasteiger partial charge is 0.295 e. The van der Waals surface area contributed by atoms with Gasteiger partial charge >= 0.3 is 0 Å². The molecule has 0 saturated heterocycles. The molecule has 0 fully saturated rings. The number of hydrogen-bond acceptors (Lipinski definition) is 21. The van der Waals surface area contributed by atoms with Gasteiger partial charge in [-0.1, -0.05) is 97.1 Å². The standard InChI is InChI=1S/C13H4N4O.2C12H5N3O2.C9H6O4.C4H4N4/c14-5-9-10(6-15)17-12-11(16-9)7-3-1-2-4-8(7)13(12)18;2*13-5-8-12(17)15-9-6-3-1-2-4-7(6)11(16)10(9)14-8;10-7-5-3-1-2-4-6(5)8(11)9(7,12)13;5-1-3(7)4(8)2-6/h1-4H;2*1-4H,(H,15,17);1-4,12-13H;7-8H2/b;;;;4-3-. The number of nitrogens with one attached hydrogen (secondary N) is 2. The van der Waals surface area contributed by atoms with Crippen LogP contribution in [0.25, 0.3) is 33.8 Å². The van der Waals surface area contributed by atoms with Crippen molar-refractivity contribution in [3.8, 4) is 70.2 Å². The van der Waals surface area contributed by atoms with Crippen LogP contribution in [-0.2, 0) is 0 Å². The average molecular weight is 965 g/mol. The van der Waals surface area contributed by atoms with Crippen LogP contribution in [0.15, 0.2) is 118 Å². The molecular weight excluding hydrogens is 941 g/mol. The number of carbonyl (C=O) groups is 5. The molecule has 23 heteroatoms. The number of rotatable bonds is 0. The van der Waals surface area contributed by atoms with Crippen LogP contribution in [0, 0.1) is 68.0 Å². The molecule has 3 aromatic heterocycles. The van der Waals surface area contributed by atoms with E-state index in [-0.39, 0.29) is 79.7 Å². The van der Waals surface area contributed by atoms with Crippen LogP contribution in [0.1, 0.15) is 91.6 Å². The molecule has 0 unspecified atom stereocenters. The summed E-state index contributed by atoms with van der Waals surface area (Å²) in [5.74, 6) is -5.54. The van der Waals surface area contributed by atoms with Crippen LogP contribution < -0.4 is 22.6 Å². The Bertz CT molecular complexity index is 3870. The average Bonchev–Trinajstić information content (AvgIpc) is 4.03. The molecule has 0 aliphatic heterocycles. The molecule has 4 aromatic carbocycles. The Morgan fingerprint density at radius 1 is 0.411 bits per heavy atom. The van der Waals surface area contributed by atoms with Gasteiger partial charge in [0.1, 0.15) is 70.6 Å². The maximum absolute atomic E-state index is 12.1. The molecule has 0 amide bonds. The fraction of sp³-hybridized carbons (Fsp3) is 0.0200. The Balaban J connectivity index is 0.000000137. The Hall–Kier alpha value is -11.7. The summed E-state index contributed by atoms with van der Waals surface area (Å²) in [6.45, 7) is 0. The van der Waals surface area contributed by atoms with Crippen LogP contribution in [0.2, 0.25) is 0 Å². The summed E-state index contributed by atoms with van der Waals surface area (Å²) in [4.78, 5) is 102. The lowest BCUT2D eigenvalue weighted by Gasteiger charge is -2.08. The number of Topliss-reactive ketones (excluding diaryl/α,β-unsaturated/α-hetero) is 2. The van der Waals surface area contributed by atoms with Gasteiger partial charge in [0.25, 0.3) is 16.9 Å². The minimum atomic E-state index is -2.86. The second-order valence-corrected chi connectivity index (χ2v) is 14.9. The summed E-state index contributed by atoms with van der Waals surface area (Å²) in [6, 6.07) is 36.7. The zero-order valence-corrected chi connectivity index (χ0v) is 36.6. The Morgan fingerprint density at radius 2 is 0.699 bits per heavy atom. The molecule has 4 aliphatic carbocycles. The van der Waals surface area contributed by atoms with Crippen molar-refractivity contribution in [2.45, 2.75) is 5.79 Å². The third kappa shape index (κ3) is 8.83. The number of nitrogens with zero attached hydrogens (tertiary/aromatic N) is 10. The Labute approximate surface area is 407 Å². The van der Waals surface area contributed by atoms with Gasteiger partial charge in [-0.25, -0.2) is 19.9 Å². The maximum atomic E-state index is 12.1. The van der Waals surface area contributed by atoms with Gasteiger partial charge in [0.2, 0.25) is 40.3 Å². The Kier molecular flexibility index (Phi) is 13.4. The zero-order chi connectivity index (χ0) is 52.9. The second-order valence-electron chi connectivity index (χ2n) is 14.9. The van der Waals surface area contributed by atoms with Gasteiger partial charge in [-0.05, 0) is 0 Å². The molecule has 0 spiro atoms. The molecule has 3 heterocycles. The van der Waals surface area contributed by atoms with E-state index in [4.69, 9.17) is 53.3 Å². The number of ketones is 5. The summed E-state index contributed by atoms with van der Waals surface area (Å²) in [7, 11) is 0. The molecule has 0 atom stereocenters. The third-order valence-corrected chi connectivity index (χ3v) is 10.7. The number of aromatic amines is 2. The number of benzene rings is 4. The van der Waals surface area contributed by atoms with Crippen molar-refractivity contribution >= 4 is 28.9 Å². The monoisotopic (exact) mass is 964 g/mol. The first kappa shape index (κ1) is 49.2. The van der Waals surface area contributed by atoms with E-state index in [1.54, 1.807) is 103 Å². The topological polar surface area (TPSA) is 438 Å². The van der Waals surface area contributed by atoms with Crippen LogP contribution in [0.5, 0.6) is 0 Å². The number of fused-ring (bicyclic) bond motifs is 10.